The van der Waals surface area contributed by atoms with Gasteiger partial charge >= 0.3 is 0 Å². The molecule has 1 aromatic heterocycles. The summed E-state index contributed by atoms with van der Waals surface area (Å²) in [5.41, 5.74) is 2.28. The maximum Gasteiger partial charge on any atom is 0.260 e. The van der Waals surface area contributed by atoms with Crippen LogP contribution in [0.15, 0.2) is 36.5 Å². The fraction of sp³-hybridized carbons (Fsp3) is 0.350. The largest absolute Gasteiger partial charge is 0.493 e. The van der Waals surface area contributed by atoms with Crippen molar-refractivity contribution in [1.29, 1.82) is 0 Å². The fourth-order valence-electron chi connectivity index (χ4n) is 3.67. The zero-order chi connectivity index (χ0) is 19.7. The number of amides is 2. The van der Waals surface area contributed by atoms with E-state index in [9.17, 15) is 9.59 Å². The first-order valence-corrected chi connectivity index (χ1v) is 10.1. The van der Waals surface area contributed by atoms with Gasteiger partial charge in [-0.3, -0.25) is 14.6 Å². The van der Waals surface area contributed by atoms with E-state index in [4.69, 9.17) is 9.47 Å². The summed E-state index contributed by atoms with van der Waals surface area (Å²) in [5.74, 6) is 1.18. The maximum atomic E-state index is 13.1. The Balaban J connectivity index is 1.49. The molecule has 2 atom stereocenters. The summed E-state index contributed by atoms with van der Waals surface area (Å²) in [4.78, 5) is 31.8. The predicted octanol–water partition coefficient (Wildman–Crippen LogP) is 2.03. The number of nitrogens with zero attached hydrogens (tertiary/aromatic N) is 2. The first kappa shape index (κ1) is 18.6. The molecule has 1 fully saturated rings. The van der Waals surface area contributed by atoms with Crippen LogP contribution in [0.2, 0.25) is 0 Å². The number of nitrogens with one attached hydrogen (secondary N) is 1. The zero-order valence-corrected chi connectivity index (χ0v) is 16.5. The maximum absolute atomic E-state index is 13.1. The lowest BCUT2D eigenvalue weighted by molar-refractivity contribution is -0.124. The minimum Gasteiger partial charge on any atom is -0.493 e. The van der Waals surface area contributed by atoms with Gasteiger partial charge < -0.3 is 19.7 Å². The standard InChI is InChI=1S/C20H21N3O4S/c1-26-15-7-6-13-16(17(15)27-2)19(25)23-14(11-28-20(13)23)18(24)22-10-8-12-5-3-4-9-21-12/h3-7,9,14,20H,8,10-11H2,1-2H3,(H,22,24)/t14-,20+/m0/s1. The summed E-state index contributed by atoms with van der Waals surface area (Å²) in [6.07, 6.45) is 2.38. The first-order valence-electron chi connectivity index (χ1n) is 9.02. The van der Waals surface area contributed by atoms with Gasteiger partial charge in [-0.15, -0.1) is 11.8 Å². The van der Waals surface area contributed by atoms with Crippen LogP contribution in [-0.2, 0) is 11.2 Å². The van der Waals surface area contributed by atoms with E-state index in [1.54, 1.807) is 28.9 Å². The van der Waals surface area contributed by atoms with E-state index in [0.29, 0.717) is 35.8 Å². The summed E-state index contributed by atoms with van der Waals surface area (Å²) in [6, 6.07) is 8.88. The lowest BCUT2D eigenvalue weighted by atomic mass is 10.1. The van der Waals surface area contributed by atoms with Gasteiger partial charge in [0.05, 0.1) is 19.8 Å². The molecule has 8 heteroatoms. The number of benzene rings is 1. The molecule has 2 aromatic rings. The van der Waals surface area contributed by atoms with E-state index in [-0.39, 0.29) is 17.2 Å². The number of fused-ring (bicyclic) bond motifs is 3. The van der Waals surface area contributed by atoms with Crippen molar-refractivity contribution in [2.75, 3.05) is 26.5 Å². The van der Waals surface area contributed by atoms with Gasteiger partial charge in [-0.05, 0) is 18.2 Å². The lowest BCUT2D eigenvalue weighted by Crippen LogP contribution is -2.46. The number of ether oxygens (including phenoxy) is 2. The van der Waals surface area contributed by atoms with E-state index in [1.165, 1.54) is 14.2 Å². The van der Waals surface area contributed by atoms with Crippen molar-refractivity contribution in [3.8, 4) is 11.5 Å². The van der Waals surface area contributed by atoms with Gasteiger partial charge in [0.25, 0.3) is 5.91 Å². The topological polar surface area (TPSA) is 80.8 Å². The molecule has 3 heterocycles. The SMILES string of the molecule is COc1ccc2c(c1OC)C(=O)N1[C@@H]2SC[C@H]1C(=O)NCCc1ccccn1. The molecule has 28 heavy (non-hydrogen) atoms. The second kappa shape index (κ2) is 7.71. The van der Waals surface area contributed by atoms with E-state index in [1.807, 2.05) is 24.3 Å². The Morgan fingerprint density at radius 2 is 2.14 bits per heavy atom. The number of carbonyl (C=O) groups excluding carboxylic acids is 2. The van der Waals surface area contributed by atoms with Crippen LogP contribution in [0.1, 0.15) is 27.0 Å². The number of methoxy groups -OCH3 is 2. The average Bonchev–Trinajstić information content (AvgIpc) is 3.28. The third-order valence-corrected chi connectivity index (χ3v) is 6.31. The molecule has 0 unspecified atom stereocenters. The second-order valence-electron chi connectivity index (χ2n) is 6.54. The van der Waals surface area contributed by atoms with Crippen molar-refractivity contribution >= 4 is 23.6 Å². The number of thioether (sulfide) groups is 1. The summed E-state index contributed by atoms with van der Waals surface area (Å²) in [5, 5.41) is 2.77. The van der Waals surface area contributed by atoms with Crippen LogP contribution < -0.4 is 14.8 Å². The Morgan fingerprint density at radius 1 is 1.29 bits per heavy atom. The molecule has 4 rings (SSSR count). The molecular weight excluding hydrogens is 378 g/mol. The molecule has 0 bridgehead atoms. The monoisotopic (exact) mass is 399 g/mol. The van der Waals surface area contributed by atoms with Crippen LogP contribution in [0.3, 0.4) is 0 Å². The van der Waals surface area contributed by atoms with Crippen LogP contribution in [0, 0.1) is 0 Å². The van der Waals surface area contributed by atoms with Crippen molar-refractivity contribution in [2.45, 2.75) is 17.8 Å². The highest BCUT2D eigenvalue weighted by atomic mass is 32.2. The Bertz CT molecular complexity index is 906. The van der Waals surface area contributed by atoms with Crippen molar-refractivity contribution in [3.63, 3.8) is 0 Å². The zero-order valence-electron chi connectivity index (χ0n) is 15.7. The summed E-state index contributed by atoms with van der Waals surface area (Å²) >= 11 is 1.59. The Kier molecular flexibility index (Phi) is 5.13. The van der Waals surface area contributed by atoms with E-state index in [2.05, 4.69) is 10.3 Å². The molecule has 0 spiro atoms. The van der Waals surface area contributed by atoms with E-state index >= 15 is 0 Å². The third kappa shape index (κ3) is 3.07. The van der Waals surface area contributed by atoms with Gasteiger partial charge in [-0.25, -0.2) is 0 Å². The van der Waals surface area contributed by atoms with Gasteiger partial charge in [-0.1, -0.05) is 12.1 Å². The van der Waals surface area contributed by atoms with Gasteiger partial charge in [0.1, 0.15) is 11.4 Å². The van der Waals surface area contributed by atoms with Crippen LogP contribution in [0.25, 0.3) is 0 Å². The number of pyridine rings is 1. The van der Waals surface area contributed by atoms with E-state index < -0.39 is 6.04 Å². The number of carbonyl (C=O) groups is 2. The molecule has 2 aliphatic rings. The Hall–Kier alpha value is -2.74. The second-order valence-corrected chi connectivity index (χ2v) is 7.65. The summed E-state index contributed by atoms with van der Waals surface area (Å²) < 4.78 is 10.7. The summed E-state index contributed by atoms with van der Waals surface area (Å²) in [6.45, 7) is 0.480. The minimum atomic E-state index is -0.505. The number of rotatable bonds is 6. The quantitative estimate of drug-likeness (QED) is 0.801. The van der Waals surface area contributed by atoms with Gasteiger partial charge in [-0.2, -0.15) is 0 Å². The molecule has 2 amide bonds. The lowest BCUT2D eigenvalue weighted by Gasteiger charge is -2.22. The molecule has 0 saturated carbocycles. The molecule has 0 aliphatic carbocycles. The number of hydrogen-bond donors (Lipinski definition) is 1. The van der Waals surface area contributed by atoms with Crippen LogP contribution in [0.5, 0.6) is 11.5 Å². The highest BCUT2D eigenvalue weighted by Crippen LogP contribution is 2.52. The molecular formula is C20H21N3O4S. The fourth-order valence-corrected chi connectivity index (χ4v) is 5.13. The highest BCUT2D eigenvalue weighted by Gasteiger charge is 2.50. The van der Waals surface area contributed by atoms with Crippen molar-refractivity contribution < 1.29 is 19.1 Å². The molecule has 1 saturated heterocycles. The van der Waals surface area contributed by atoms with Crippen molar-refractivity contribution in [2.24, 2.45) is 0 Å². The third-order valence-electron chi connectivity index (χ3n) is 5.00. The van der Waals surface area contributed by atoms with Gasteiger partial charge in [0, 0.05) is 36.2 Å². The Morgan fingerprint density at radius 3 is 2.86 bits per heavy atom. The smallest absolute Gasteiger partial charge is 0.260 e. The molecule has 146 valence electrons. The van der Waals surface area contributed by atoms with Crippen LogP contribution >= 0.6 is 11.8 Å². The molecule has 7 nitrogen and oxygen atoms in total. The molecule has 1 N–H and O–H groups in total. The Labute approximate surface area is 167 Å². The minimum absolute atomic E-state index is 0.141. The number of hydrogen-bond acceptors (Lipinski definition) is 6. The molecule has 0 radical (unpaired) electrons. The normalized spacial score (nSPS) is 19.9. The van der Waals surface area contributed by atoms with Gasteiger partial charge in [0.2, 0.25) is 5.91 Å². The molecule has 2 aliphatic heterocycles. The van der Waals surface area contributed by atoms with Crippen LogP contribution in [-0.4, -0.2) is 54.3 Å². The summed E-state index contributed by atoms with van der Waals surface area (Å²) in [7, 11) is 3.06. The average molecular weight is 399 g/mol. The first-order chi connectivity index (χ1) is 13.7. The molecule has 1 aromatic carbocycles. The van der Waals surface area contributed by atoms with Gasteiger partial charge in [0.15, 0.2) is 11.5 Å². The number of aromatic nitrogens is 1. The highest BCUT2D eigenvalue weighted by molar-refractivity contribution is 7.99. The predicted molar refractivity (Wildman–Crippen MR) is 106 cm³/mol. The van der Waals surface area contributed by atoms with Crippen molar-refractivity contribution in [3.05, 3.63) is 53.3 Å². The van der Waals surface area contributed by atoms with Crippen molar-refractivity contribution in [1.82, 2.24) is 15.2 Å². The van der Waals surface area contributed by atoms with E-state index in [0.717, 1.165) is 11.3 Å². The van der Waals surface area contributed by atoms with Crippen LogP contribution in [0.4, 0.5) is 0 Å².